The number of piperidine rings is 1. The average Bonchev–Trinajstić information content (AvgIpc) is 2.97. The van der Waals surface area contributed by atoms with E-state index in [0.29, 0.717) is 17.5 Å². The Morgan fingerprint density at radius 1 is 1.10 bits per heavy atom. The van der Waals surface area contributed by atoms with Crippen molar-refractivity contribution < 1.29 is 19.0 Å². The highest BCUT2D eigenvalue weighted by atomic mass is 16.6. The first-order valence-corrected chi connectivity index (χ1v) is 10.5. The maximum absolute atomic E-state index is 12.5. The first kappa shape index (κ1) is 20.4. The number of aryl methyl sites for hydroxylation is 1. The van der Waals surface area contributed by atoms with Crippen LogP contribution in [-0.2, 0) is 4.74 Å². The van der Waals surface area contributed by atoms with Gasteiger partial charge in [0.2, 0.25) is 11.8 Å². The number of pyridine rings is 1. The first-order chi connectivity index (χ1) is 14.4. The molecule has 8 nitrogen and oxygen atoms in total. The number of ether oxygens (including phenoxy) is 3. The van der Waals surface area contributed by atoms with Crippen molar-refractivity contribution in [3.63, 3.8) is 0 Å². The van der Waals surface area contributed by atoms with Crippen LogP contribution in [0.3, 0.4) is 0 Å². The Kier molecular flexibility index (Phi) is 5.74. The van der Waals surface area contributed by atoms with Crippen LogP contribution in [0.4, 0.5) is 4.79 Å². The van der Waals surface area contributed by atoms with E-state index in [1.54, 1.807) is 6.20 Å². The van der Waals surface area contributed by atoms with E-state index in [9.17, 15) is 4.79 Å². The molecule has 0 unspecified atom stereocenters. The number of carbonyl (C=O) groups excluding carboxylic acids is 1. The highest BCUT2D eigenvalue weighted by Crippen LogP contribution is 2.38. The summed E-state index contributed by atoms with van der Waals surface area (Å²) in [6.07, 6.45) is 6.34. The number of rotatable bonds is 5. The molecule has 2 aliphatic heterocycles. The minimum absolute atomic E-state index is 0.00724. The lowest BCUT2D eigenvalue weighted by Gasteiger charge is -2.38. The molecule has 0 aromatic carbocycles. The van der Waals surface area contributed by atoms with Crippen molar-refractivity contribution in [1.82, 2.24) is 19.9 Å². The molecule has 0 aliphatic carbocycles. The quantitative estimate of drug-likeness (QED) is 0.727. The molecule has 2 aliphatic rings. The maximum atomic E-state index is 12.5. The number of hydrogen-bond donors (Lipinski definition) is 0. The molecule has 2 saturated heterocycles. The molecule has 0 saturated carbocycles. The van der Waals surface area contributed by atoms with Gasteiger partial charge in [0.1, 0.15) is 12.4 Å². The summed E-state index contributed by atoms with van der Waals surface area (Å²) < 4.78 is 17.6. The predicted molar refractivity (Wildman–Crippen MR) is 110 cm³/mol. The molecule has 4 heterocycles. The van der Waals surface area contributed by atoms with Crippen molar-refractivity contribution in [3.05, 3.63) is 35.9 Å². The molecule has 4 rings (SSSR count). The summed E-state index contributed by atoms with van der Waals surface area (Å²) in [6.45, 7) is 7.53. The van der Waals surface area contributed by atoms with Gasteiger partial charge in [-0.25, -0.2) is 14.8 Å². The van der Waals surface area contributed by atoms with E-state index in [4.69, 9.17) is 14.2 Å². The van der Waals surface area contributed by atoms with Crippen LogP contribution < -0.4 is 9.47 Å². The maximum Gasteiger partial charge on any atom is 0.410 e. The number of nitrogens with zero attached hydrogens (tertiary/aromatic N) is 4. The van der Waals surface area contributed by atoms with Crippen LogP contribution in [0.2, 0.25) is 0 Å². The Labute approximate surface area is 176 Å². The second-order valence-corrected chi connectivity index (χ2v) is 8.23. The van der Waals surface area contributed by atoms with E-state index in [2.05, 4.69) is 15.0 Å². The summed E-state index contributed by atoms with van der Waals surface area (Å²) in [5.41, 5.74) is 1.53. The lowest BCUT2D eigenvalue weighted by molar-refractivity contribution is 0.0206. The van der Waals surface area contributed by atoms with Gasteiger partial charge in [-0.3, -0.25) is 4.98 Å². The summed E-state index contributed by atoms with van der Waals surface area (Å²) in [4.78, 5) is 27.2. The molecule has 30 heavy (non-hydrogen) atoms. The average molecular weight is 412 g/mol. The number of fused-ring (bicyclic) bond motifs is 2. The highest BCUT2D eigenvalue weighted by molar-refractivity contribution is 5.69. The monoisotopic (exact) mass is 412 g/mol. The zero-order chi connectivity index (χ0) is 21.3. The summed E-state index contributed by atoms with van der Waals surface area (Å²) in [6, 6.07) is 3.98. The molecule has 8 heteroatoms. The smallest absolute Gasteiger partial charge is 0.410 e. The van der Waals surface area contributed by atoms with Gasteiger partial charge in [-0.1, -0.05) is 0 Å². The zero-order valence-electron chi connectivity index (χ0n) is 17.9. The molecule has 2 aromatic heterocycles. The van der Waals surface area contributed by atoms with E-state index in [1.807, 2.05) is 44.7 Å². The van der Waals surface area contributed by atoms with Gasteiger partial charge in [-0.05, 0) is 52.7 Å². The molecular formula is C22H28N4O4. The van der Waals surface area contributed by atoms with E-state index >= 15 is 0 Å². The first-order valence-electron chi connectivity index (χ1n) is 10.5. The van der Waals surface area contributed by atoms with E-state index < -0.39 is 0 Å². The Balaban J connectivity index is 1.45. The van der Waals surface area contributed by atoms with Crippen LogP contribution in [-0.4, -0.2) is 50.2 Å². The molecular weight excluding hydrogens is 384 g/mol. The number of carbonyl (C=O) groups is 1. The summed E-state index contributed by atoms with van der Waals surface area (Å²) in [7, 11) is 0. The summed E-state index contributed by atoms with van der Waals surface area (Å²) >= 11 is 0. The third kappa shape index (κ3) is 4.17. The molecule has 2 atom stereocenters. The molecule has 0 N–H and O–H groups in total. The standard InChI is InChI=1S/C22H28N4O4/c1-13(2)28-22(27)26-16-7-8-17(26)11-18(10-16)29-20-14(3)21(25-12-24-20)30-19-6-5-9-23-15(19)4/h5-6,9,12-13,16-18H,7-8,10-11H2,1-4H3/t16-,17-/m0/s1. The van der Waals surface area contributed by atoms with Gasteiger partial charge in [0.25, 0.3) is 0 Å². The molecule has 1 amide bonds. The van der Waals surface area contributed by atoms with Crippen molar-refractivity contribution in [3.8, 4) is 17.5 Å². The van der Waals surface area contributed by atoms with E-state index in [0.717, 1.165) is 36.9 Å². The Morgan fingerprint density at radius 2 is 1.80 bits per heavy atom. The minimum atomic E-state index is -0.211. The SMILES string of the molecule is Cc1ncccc1Oc1ncnc(OC2C[C@@H]3CC[C@@H](C2)N3C(=O)OC(C)C)c1C. The molecule has 160 valence electrons. The van der Waals surface area contributed by atoms with Gasteiger partial charge >= 0.3 is 6.09 Å². The third-order valence-electron chi connectivity index (χ3n) is 5.67. The van der Waals surface area contributed by atoms with Crippen molar-refractivity contribution in [1.29, 1.82) is 0 Å². The molecule has 2 aromatic rings. The van der Waals surface area contributed by atoms with Crippen molar-refractivity contribution in [2.24, 2.45) is 0 Å². The van der Waals surface area contributed by atoms with E-state index in [1.165, 1.54) is 6.33 Å². The fraction of sp³-hybridized carbons (Fsp3) is 0.545. The van der Waals surface area contributed by atoms with Gasteiger partial charge in [0.15, 0.2) is 5.75 Å². The van der Waals surface area contributed by atoms with E-state index in [-0.39, 0.29) is 30.4 Å². The molecule has 2 bridgehead atoms. The Morgan fingerprint density at radius 3 is 2.47 bits per heavy atom. The molecule has 0 radical (unpaired) electrons. The summed E-state index contributed by atoms with van der Waals surface area (Å²) in [5.74, 6) is 1.63. The largest absolute Gasteiger partial charge is 0.474 e. The predicted octanol–water partition coefficient (Wildman–Crippen LogP) is 4.20. The Bertz CT molecular complexity index is 906. The van der Waals surface area contributed by atoms with Crippen molar-refractivity contribution in [2.45, 2.75) is 77.7 Å². The van der Waals surface area contributed by atoms with Crippen molar-refractivity contribution >= 4 is 6.09 Å². The molecule has 0 spiro atoms. The van der Waals surface area contributed by atoms with Gasteiger partial charge in [-0.2, -0.15) is 0 Å². The summed E-state index contributed by atoms with van der Waals surface area (Å²) in [5, 5.41) is 0. The van der Waals surface area contributed by atoms with Crippen LogP contribution in [0.15, 0.2) is 24.7 Å². The van der Waals surface area contributed by atoms with Crippen LogP contribution in [0.1, 0.15) is 50.8 Å². The number of aromatic nitrogens is 3. The van der Waals surface area contributed by atoms with Crippen LogP contribution in [0, 0.1) is 13.8 Å². The van der Waals surface area contributed by atoms with Gasteiger partial charge in [-0.15, -0.1) is 0 Å². The second kappa shape index (κ2) is 8.45. The molecule has 2 fully saturated rings. The van der Waals surface area contributed by atoms with Crippen LogP contribution in [0.25, 0.3) is 0 Å². The van der Waals surface area contributed by atoms with Gasteiger partial charge in [0, 0.05) is 31.1 Å². The van der Waals surface area contributed by atoms with Crippen LogP contribution >= 0.6 is 0 Å². The van der Waals surface area contributed by atoms with Gasteiger partial charge in [0.05, 0.1) is 17.4 Å². The fourth-order valence-corrected chi connectivity index (χ4v) is 4.26. The second-order valence-electron chi connectivity index (χ2n) is 8.23. The third-order valence-corrected chi connectivity index (χ3v) is 5.67. The lowest BCUT2D eigenvalue weighted by Crippen LogP contribution is -2.50. The van der Waals surface area contributed by atoms with Gasteiger partial charge < -0.3 is 19.1 Å². The zero-order valence-corrected chi connectivity index (χ0v) is 17.9. The highest BCUT2D eigenvalue weighted by Gasteiger charge is 2.45. The number of hydrogen-bond acceptors (Lipinski definition) is 7. The van der Waals surface area contributed by atoms with Crippen LogP contribution in [0.5, 0.6) is 17.5 Å². The Hall–Kier alpha value is -2.90. The van der Waals surface area contributed by atoms with Crippen molar-refractivity contribution in [2.75, 3.05) is 0 Å². The fourth-order valence-electron chi connectivity index (χ4n) is 4.26. The minimum Gasteiger partial charge on any atom is -0.474 e. The lowest BCUT2D eigenvalue weighted by atomic mass is 10.0. The number of amides is 1. The normalized spacial score (nSPS) is 22.8. The topological polar surface area (TPSA) is 86.7 Å².